The fraction of sp³-hybridized carbons (Fsp3) is 0.440. The van der Waals surface area contributed by atoms with E-state index in [9.17, 15) is 14.4 Å². The van der Waals surface area contributed by atoms with Gasteiger partial charge in [0.15, 0.2) is 5.78 Å². The lowest BCUT2D eigenvalue weighted by Gasteiger charge is -2.16. The van der Waals surface area contributed by atoms with Crippen LogP contribution in [0.3, 0.4) is 0 Å². The summed E-state index contributed by atoms with van der Waals surface area (Å²) in [4.78, 5) is 44.6. The topological polar surface area (TPSA) is 76.6 Å². The average Bonchev–Trinajstić information content (AvgIpc) is 3.04. The van der Waals surface area contributed by atoms with Gasteiger partial charge in [-0.2, -0.15) is 0 Å². The normalized spacial score (nSPS) is 16.2. The number of rotatable bonds is 10. The van der Waals surface area contributed by atoms with Crippen LogP contribution in [0.1, 0.15) is 62.5 Å². The summed E-state index contributed by atoms with van der Waals surface area (Å²) in [6.07, 6.45) is 3.05. The van der Waals surface area contributed by atoms with E-state index in [1.807, 2.05) is 19.1 Å². The molecule has 1 atom stereocenters. The van der Waals surface area contributed by atoms with Crippen LogP contribution in [0.15, 0.2) is 41.4 Å². The maximum absolute atomic E-state index is 13.1. The molecule has 7 heteroatoms. The second-order valence-corrected chi connectivity index (χ2v) is 9.55. The number of ketones is 1. The molecule has 1 aromatic heterocycles. The number of aromatic nitrogens is 1. The Labute approximate surface area is 193 Å². The molecule has 2 aromatic rings. The summed E-state index contributed by atoms with van der Waals surface area (Å²) < 4.78 is 5.15. The van der Waals surface area contributed by atoms with E-state index in [0.717, 1.165) is 25.0 Å². The van der Waals surface area contributed by atoms with Crippen molar-refractivity contribution >= 4 is 35.0 Å². The summed E-state index contributed by atoms with van der Waals surface area (Å²) >= 11 is 1.23. The molecule has 3 rings (SSSR count). The van der Waals surface area contributed by atoms with Gasteiger partial charge < -0.3 is 4.74 Å². The Bertz CT molecular complexity index is 988. The van der Waals surface area contributed by atoms with E-state index in [0.29, 0.717) is 34.4 Å². The van der Waals surface area contributed by atoms with Crippen molar-refractivity contribution in [3.05, 3.63) is 47.7 Å². The molecule has 1 aromatic carbocycles. The van der Waals surface area contributed by atoms with Crippen molar-refractivity contribution in [1.82, 2.24) is 4.98 Å². The van der Waals surface area contributed by atoms with Gasteiger partial charge in [-0.3, -0.25) is 14.4 Å². The van der Waals surface area contributed by atoms with Crippen LogP contribution in [-0.2, 0) is 16.0 Å². The SMILES string of the molecule is CCCCC(=O)c1ccc(CC(C)C)nc1SC1CC(=O)N(c2ccc(OC)cc2)C1=O. The molecule has 0 saturated carbocycles. The van der Waals surface area contributed by atoms with Gasteiger partial charge in [0.25, 0.3) is 0 Å². The molecule has 1 fully saturated rings. The maximum Gasteiger partial charge on any atom is 0.247 e. The highest BCUT2D eigenvalue weighted by Crippen LogP contribution is 2.35. The Balaban J connectivity index is 1.86. The smallest absolute Gasteiger partial charge is 0.247 e. The van der Waals surface area contributed by atoms with Crippen LogP contribution in [0.4, 0.5) is 5.69 Å². The van der Waals surface area contributed by atoms with E-state index in [-0.39, 0.29) is 24.0 Å². The van der Waals surface area contributed by atoms with Gasteiger partial charge in [0.05, 0.1) is 18.0 Å². The van der Waals surface area contributed by atoms with E-state index in [1.54, 1.807) is 31.4 Å². The number of hydrogen-bond acceptors (Lipinski definition) is 6. The number of nitrogens with zero attached hydrogens (tertiary/aromatic N) is 2. The standard InChI is InChI=1S/C25H30N2O4S/c1-5-6-7-21(28)20-13-8-17(14-16(2)3)26-24(20)32-22-15-23(29)27(25(22)30)18-9-11-19(31-4)12-10-18/h8-13,16,22H,5-7,14-15H2,1-4H3. The number of imide groups is 1. The van der Waals surface area contributed by atoms with Crippen molar-refractivity contribution in [1.29, 1.82) is 0 Å². The highest BCUT2D eigenvalue weighted by atomic mass is 32.2. The minimum absolute atomic E-state index is 0.0294. The summed E-state index contributed by atoms with van der Waals surface area (Å²) in [6, 6.07) is 10.6. The first-order chi connectivity index (χ1) is 15.3. The average molecular weight is 455 g/mol. The maximum atomic E-state index is 13.1. The Kier molecular flexibility index (Phi) is 8.07. The number of Topliss-reactive ketones (excluding diaryl/α,β-unsaturated/α-hetero) is 1. The van der Waals surface area contributed by atoms with Crippen molar-refractivity contribution in [2.45, 2.75) is 63.2 Å². The second-order valence-electron chi connectivity index (χ2n) is 8.36. The minimum Gasteiger partial charge on any atom is -0.497 e. The Morgan fingerprint density at radius 3 is 2.53 bits per heavy atom. The zero-order chi connectivity index (χ0) is 23.3. The molecule has 0 aliphatic carbocycles. The molecule has 1 aliphatic heterocycles. The highest BCUT2D eigenvalue weighted by molar-refractivity contribution is 8.00. The van der Waals surface area contributed by atoms with Crippen LogP contribution < -0.4 is 9.64 Å². The molecule has 32 heavy (non-hydrogen) atoms. The van der Waals surface area contributed by atoms with E-state index < -0.39 is 5.25 Å². The quantitative estimate of drug-likeness (QED) is 0.368. The van der Waals surface area contributed by atoms with Gasteiger partial charge in [-0.15, -0.1) is 0 Å². The van der Waals surface area contributed by atoms with Crippen LogP contribution in [0.25, 0.3) is 0 Å². The summed E-state index contributed by atoms with van der Waals surface area (Å²) in [5.74, 6) is 0.562. The first-order valence-electron chi connectivity index (χ1n) is 11.0. The van der Waals surface area contributed by atoms with Crippen molar-refractivity contribution < 1.29 is 19.1 Å². The monoisotopic (exact) mass is 454 g/mol. The zero-order valence-electron chi connectivity index (χ0n) is 19.1. The van der Waals surface area contributed by atoms with Crippen LogP contribution in [0.5, 0.6) is 5.75 Å². The molecule has 1 unspecified atom stereocenters. The van der Waals surface area contributed by atoms with E-state index in [4.69, 9.17) is 9.72 Å². The van der Waals surface area contributed by atoms with Crippen molar-refractivity contribution in [2.24, 2.45) is 5.92 Å². The number of unbranched alkanes of at least 4 members (excludes halogenated alkanes) is 1. The summed E-state index contributed by atoms with van der Waals surface area (Å²) in [6.45, 7) is 6.27. The zero-order valence-corrected chi connectivity index (χ0v) is 19.9. The molecule has 1 saturated heterocycles. The fourth-order valence-corrected chi connectivity index (χ4v) is 4.80. The van der Waals surface area contributed by atoms with Crippen molar-refractivity contribution in [3.63, 3.8) is 0 Å². The lowest BCUT2D eigenvalue weighted by atomic mass is 10.0. The predicted molar refractivity (Wildman–Crippen MR) is 126 cm³/mol. The van der Waals surface area contributed by atoms with Gasteiger partial charge in [-0.05, 0) is 55.2 Å². The third kappa shape index (κ3) is 5.57. The lowest BCUT2D eigenvalue weighted by molar-refractivity contribution is -0.121. The molecular formula is C25H30N2O4S. The number of benzene rings is 1. The summed E-state index contributed by atoms with van der Waals surface area (Å²) in [5.41, 5.74) is 1.95. The Morgan fingerprint density at radius 1 is 1.19 bits per heavy atom. The molecule has 2 heterocycles. The van der Waals surface area contributed by atoms with Gasteiger partial charge in [0.1, 0.15) is 10.8 Å². The van der Waals surface area contributed by atoms with Crippen molar-refractivity contribution in [2.75, 3.05) is 12.0 Å². The minimum atomic E-state index is -0.607. The number of ether oxygens (including phenoxy) is 1. The molecule has 0 spiro atoms. The number of methoxy groups -OCH3 is 1. The second kappa shape index (κ2) is 10.8. The van der Waals surface area contributed by atoms with Crippen molar-refractivity contribution in [3.8, 4) is 5.75 Å². The van der Waals surface area contributed by atoms with Crippen LogP contribution in [-0.4, -0.2) is 34.9 Å². The van der Waals surface area contributed by atoms with Crippen LogP contribution in [0, 0.1) is 5.92 Å². The third-order valence-electron chi connectivity index (χ3n) is 5.28. The molecule has 2 amide bonds. The molecule has 0 radical (unpaired) electrons. The number of amides is 2. The van der Waals surface area contributed by atoms with Gasteiger partial charge in [0, 0.05) is 24.1 Å². The summed E-state index contributed by atoms with van der Waals surface area (Å²) in [7, 11) is 1.56. The molecule has 0 bridgehead atoms. The third-order valence-corrected chi connectivity index (χ3v) is 6.47. The first-order valence-corrected chi connectivity index (χ1v) is 11.9. The first kappa shape index (κ1) is 24.0. The fourth-order valence-electron chi connectivity index (χ4n) is 3.62. The number of anilines is 1. The number of thioether (sulfide) groups is 1. The molecule has 1 aliphatic rings. The summed E-state index contributed by atoms with van der Waals surface area (Å²) in [5, 5.41) is -0.0592. The molecule has 0 N–H and O–H groups in total. The highest BCUT2D eigenvalue weighted by Gasteiger charge is 2.41. The molecular weight excluding hydrogens is 424 g/mol. The van der Waals surface area contributed by atoms with Gasteiger partial charge in [-0.1, -0.05) is 39.0 Å². The predicted octanol–water partition coefficient (Wildman–Crippen LogP) is 5.09. The number of pyridine rings is 1. The number of hydrogen-bond donors (Lipinski definition) is 0. The Hall–Kier alpha value is -2.67. The van der Waals surface area contributed by atoms with Gasteiger partial charge in [0.2, 0.25) is 11.8 Å². The number of carbonyl (C=O) groups is 3. The van der Waals surface area contributed by atoms with E-state index in [1.165, 1.54) is 16.7 Å². The van der Waals surface area contributed by atoms with Crippen LogP contribution in [0.2, 0.25) is 0 Å². The van der Waals surface area contributed by atoms with E-state index in [2.05, 4.69) is 13.8 Å². The Morgan fingerprint density at radius 2 is 1.91 bits per heavy atom. The van der Waals surface area contributed by atoms with Gasteiger partial charge >= 0.3 is 0 Å². The molecule has 6 nitrogen and oxygen atoms in total. The largest absolute Gasteiger partial charge is 0.497 e. The van der Waals surface area contributed by atoms with Gasteiger partial charge in [-0.25, -0.2) is 9.88 Å². The van der Waals surface area contributed by atoms with Crippen LogP contribution >= 0.6 is 11.8 Å². The molecule has 170 valence electrons. The number of carbonyl (C=O) groups excluding carboxylic acids is 3. The lowest BCUT2D eigenvalue weighted by Crippen LogP contribution is -2.31. The van der Waals surface area contributed by atoms with E-state index >= 15 is 0 Å².